The van der Waals surface area contributed by atoms with Crippen molar-refractivity contribution in [3.8, 4) is 22.4 Å². The molecule has 1 atom stereocenters. The summed E-state index contributed by atoms with van der Waals surface area (Å²) in [5, 5.41) is 8.76. The van der Waals surface area contributed by atoms with Crippen LogP contribution in [0.4, 0.5) is 4.39 Å². The van der Waals surface area contributed by atoms with Gasteiger partial charge in [-0.25, -0.2) is 4.39 Å². The Labute approximate surface area is 203 Å². The Bertz CT molecular complexity index is 1290. The number of pyridine rings is 1. The molecule has 8 heteroatoms. The van der Waals surface area contributed by atoms with Gasteiger partial charge >= 0.3 is 5.97 Å². The first-order chi connectivity index (χ1) is 17.1. The third-order valence-corrected chi connectivity index (χ3v) is 6.17. The van der Waals surface area contributed by atoms with E-state index in [-0.39, 0.29) is 17.8 Å². The van der Waals surface area contributed by atoms with E-state index in [4.69, 9.17) is 9.82 Å². The molecule has 3 heterocycles. The molecule has 1 aliphatic heterocycles. The number of nitrogens with one attached hydrogen (secondary N) is 1. The number of carbonyl (C=O) groups excluding carboxylic acids is 1. The van der Waals surface area contributed by atoms with E-state index in [1.165, 1.54) is 13.0 Å². The molecule has 7 nitrogen and oxygen atoms in total. The van der Waals surface area contributed by atoms with Gasteiger partial charge in [0.05, 0.1) is 17.9 Å². The van der Waals surface area contributed by atoms with E-state index in [1.807, 2.05) is 54.9 Å². The van der Waals surface area contributed by atoms with Gasteiger partial charge in [0, 0.05) is 67.8 Å². The van der Waals surface area contributed by atoms with E-state index >= 15 is 0 Å². The van der Waals surface area contributed by atoms with Gasteiger partial charge in [0.2, 0.25) is 0 Å². The molecule has 2 aromatic heterocycles. The van der Waals surface area contributed by atoms with Crippen LogP contribution in [0.25, 0.3) is 22.4 Å². The summed E-state index contributed by atoms with van der Waals surface area (Å²) in [4.78, 5) is 23.8. The summed E-state index contributed by atoms with van der Waals surface area (Å²) in [6.45, 7) is 3.94. The number of hydrogen-bond acceptors (Lipinski definition) is 6. The first-order valence-electron chi connectivity index (χ1n) is 11.6. The van der Waals surface area contributed by atoms with Gasteiger partial charge in [0.15, 0.2) is 0 Å². The molecule has 2 aromatic carbocycles. The molecule has 1 saturated heterocycles. The number of carbonyl (C=O) groups is 1. The fourth-order valence-electron chi connectivity index (χ4n) is 4.60. The summed E-state index contributed by atoms with van der Waals surface area (Å²) in [6, 6.07) is 18.5. The lowest BCUT2D eigenvalue weighted by atomic mass is 9.93. The monoisotopic (exact) mass is 471 g/mol. The number of nitrogens with zero attached hydrogens (tertiary/aromatic N) is 4. The van der Waals surface area contributed by atoms with Gasteiger partial charge < -0.3 is 4.84 Å². The topological polar surface area (TPSA) is 74.3 Å². The molecular formula is C27H26FN5O2. The molecule has 0 bridgehead atoms. The molecule has 35 heavy (non-hydrogen) atoms. The maximum atomic E-state index is 15.0. The van der Waals surface area contributed by atoms with E-state index in [0.717, 1.165) is 27.9 Å². The summed E-state index contributed by atoms with van der Waals surface area (Å²) >= 11 is 0. The van der Waals surface area contributed by atoms with Crippen LogP contribution >= 0.6 is 0 Å². The third-order valence-electron chi connectivity index (χ3n) is 6.17. The van der Waals surface area contributed by atoms with Crippen LogP contribution in [0.2, 0.25) is 0 Å². The molecular weight excluding hydrogens is 445 g/mol. The van der Waals surface area contributed by atoms with Crippen molar-refractivity contribution in [3.63, 3.8) is 0 Å². The number of piperazine rings is 1. The van der Waals surface area contributed by atoms with E-state index in [9.17, 15) is 9.18 Å². The van der Waals surface area contributed by atoms with E-state index in [2.05, 4.69) is 15.1 Å². The van der Waals surface area contributed by atoms with Crippen LogP contribution in [0.1, 0.15) is 24.1 Å². The molecule has 0 spiro atoms. The van der Waals surface area contributed by atoms with Crippen molar-refractivity contribution < 1.29 is 14.0 Å². The summed E-state index contributed by atoms with van der Waals surface area (Å²) in [5.74, 6) is -0.612. The van der Waals surface area contributed by atoms with Gasteiger partial charge in [-0.1, -0.05) is 48.5 Å². The summed E-state index contributed by atoms with van der Waals surface area (Å²) in [5.41, 5.74) is 4.81. The highest BCUT2D eigenvalue weighted by Gasteiger charge is 2.29. The van der Waals surface area contributed by atoms with Gasteiger partial charge in [0.1, 0.15) is 5.82 Å². The Morgan fingerprint density at radius 3 is 2.40 bits per heavy atom. The third kappa shape index (κ3) is 4.99. The van der Waals surface area contributed by atoms with Crippen LogP contribution in [0.3, 0.4) is 0 Å². The van der Waals surface area contributed by atoms with Gasteiger partial charge in [-0.05, 0) is 17.7 Å². The lowest BCUT2D eigenvalue weighted by Crippen LogP contribution is -2.48. The molecule has 0 aliphatic carbocycles. The van der Waals surface area contributed by atoms with Crippen LogP contribution in [0.15, 0.2) is 79.3 Å². The highest BCUT2D eigenvalue weighted by Crippen LogP contribution is 2.37. The zero-order chi connectivity index (χ0) is 24.2. The standard InChI is InChI=1S/C27H26FN5O2/c1-19(34)35-33-13-11-32(12-14-33)27(22-17-30-31-18-22)21-15-24(23-9-5-6-10-25(23)28)26(29-16-21)20-7-3-2-4-8-20/h2-10,15-18,27H,11-14H2,1H3,(H,30,31). The Balaban J connectivity index is 1.57. The molecule has 0 radical (unpaired) electrons. The zero-order valence-electron chi connectivity index (χ0n) is 19.4. The first kappa shape index (κ1) is 22.9. The second-order valence-corrected chi connectivity index (χ2v) is 8.49. The summed E-state index contributed by atoms with van der Waals surface area (Å²) < 4.78 is 15.0. The largest absolute Gasteiger partial charge is 0.368 e. The Morgan fingerprint density at radius 1 is 0.971 bits per heavy atom. The number of hydroxylamine groups is 2. The summed E-state index contributed by atoms with van der Waals surface area (Å²) in [7, 11) is 0. The minimum absolute atomic E-state index is 0.143. The second-order valence-electron chi connectivity index (χ2n) is 8.49. The molecule has 0 saturated carbocycles. The normalized spacial score (nSPS) is 15.6. The number of rotatable bonds is 6. The number of halogens is 1. The molecule has 1 N–H and O–H groups in total. The number of aromatic amines is 1. The molecule has 5 rings (SSSR count). The highest BCUT2D eigenvalue weighted by atomic mass is 19.1. The SMILES string of the molecule is CC(=O)ON1CCN(C(c2cn[nH]c2)c2cnc(-c3ccccc3)c(-c3ccccc3F)c2)CC1. The van der Waals surface area contributed by atoms with Crippen LogP contribution in [-0.4, -0.2) is 57.3 Å². The van der Waals surface area contributed by atoms with Crippen molar-refractivity contribution in [2.24, 2.45) is 0 Å². The minimum atomic E-state index is -0.319. The average Bonchev–Trinajstić information content (AvgIpc) is 3.40. The molecule has 1 fully saturated rings. The van der Waals surface area contributed by atoms with E-state index in [1.54, 1.807) is 23.4 Å². The van der Waals surface area contributed by atoms with Gasteiger partial charge in [0.25, 0.3) is 0 Å². The maximum Gasteiger partial charge on any atom is 0.322 e. The predicted molar refractivity (Wildman–Crippen MR) is 130 cm³/mol. The van der Waals surface area contributed by atoms with Crippen LogP contribution in [-0.2, 0) is 9.63 Å². The second kappa shape index (κ2) is 10.2. The fraction of sp³-hybridized carbons (Fsp3) is 0.222. The van der Waals surface area contributed by atoms with E-state index in [0.29, 0.717) is 31.7 Å². The Morgan fingerprint density at radius 2 is 1.71 bits per heavy atom. The fourth-order valence-corrected chi connectivity index (χ4v) is 4.60. The predicted octanol–water partition coefficient (Wildman–Crippen LogP) is 4.46. The Kier molecular flexibility index (Phi) is 6.65. The van der Waals surface area contributed by atoms with Crippen molar-refractivity contribution in [1.29, 1.82) is 0 Å². The lowest BCUT2D eigenvalue weighted by molar-refractivity contribution is -0.195. The van der Waals surface area contributed by atoms with Gasteiger partial charge in [-0.3, -0.25) is 19.8 Å². The molecule has 178 valence electrons. The molecule has 1 unspecified atom stereocenters. The number of hydrogen-bond donors (Lipinski definition) is 1. The maximum absolute atomic E-state index is 15.0. The van der Waals surface area contributed by atoms with Crippen molar-refractivity contribution in [2.75, 3.05) is 26.2 Å². The van der Waals surface area contributed by atoms with Crippen LogP contribution in [0, 0.1) is 5.82 Å². The average molecular weight is 472 g/mol. The number of aromatic nitrogens is 3. The molecule has 1 aliphatic rings. The van der Waals surface area contributed by atoms with Gasteiger partial charge in [-0.2, -0.15) is 5.10 Å². The van der Waals surface area contributed by atoms with Crippen molar-refractivity contribution in [3.05, 3.63) is 96.2 Å². The van der Waals surface area contributed by atoms with E-state index < -0.39 is 0 Å². The highest BCUT2D eigenvalue weighted by molar-refractivity contribution is 5.81. The summed E-state index contributed by atoms with van der Waals surface area (Å²) in [6.07, 6.45) is 5.54. The van der Waals surface area contributed by atoms with Crippen LogP contribution in [0.5, 0.6) is 0 Å². The van der Waals surface area contributed by atoms with Crippen molar-refractivity contribution in [2.45, 2.75) is 13.0 Å². The molecule has 4 aromatic rings. The van der Waals surface area contributed by atoms with Crippen molar-refractivity contribution in [1.82, 2.24) is 25.1 Å². The molecule has 0 amide bonds. The quantitative estimate of drug-likeness (QED) is 0.448. The number of H-pyrrole nitrogens is 1. The zero-order valence-corrected chi connectivity index (χ0v) is 19.4. The minimum Gasteiger partial charge on any atom is -0.368 e. The number of benzene rings is 2. The lowest BCUT2D eigenvalue weighted by Gasteiger charge is -2.38. The van der Waals surface area contributed by atoms with Crippen LogP contribution < -0.4 is 0 Å². The Hall–Kier alpha value is -3.88. The first-order valence-corrected chi connectivity index (χ1v) is 11.6. The smallest absolute Gasteiger partial charge is 0.322 e. The van der Waals surface area contributed by atoms with Gasteiger partial charge in [-0.15, -0.1) is 5.06 Å². The van der Waals surface area contributed by atoms with Crippen molar-refractivity contribution >= 4 is 5.97 Å².